The van der Waals surface area contributed by atoms with Crippen LogP contribution in [-0.4, -0.2) is 36.9 Å². The Morgan fingerprint density at radius 3 is 2.89 bits per heavy atom. The first kappa shape index (κ1) is 14.0. The zero-order chi connectivity index (χ0) is 13.5. The number of carbonyl (C=O) groups excluding carboxylic acids is 1. The van der Waals surface area contributed by atoms with E-state index in [1.807, 2.05) is 13.0 Å². The van der Waals surface area contributed by atoms with E-state index in [0.717, 1.165) is 12.2 Å². The summed E-state index contributed by atoms with van der Waals surface area (Å²) in [7, 11) is 1.57. The largest absolute Gasteiger partial charge is 0.388 e. The molecular formula is C12H19N5O. The van der Waals surface area contributed by atoms with Crippen molar-refractivity contribution in [2.45, 2.75) is 13.3 Å². The summed E-state index contributed by atoms with van der Waals surface area (Å²) in [5, 5.41) is 9.78. The molecular weight excluding hydrogens is 230 g/mol. The molecule has 6 nitrogen and oxygen atoms in total. The van der Waals surface area contributed by atoms with Crippen molar-refractivity contribution >= 4 is 17.4 Å². The van der Waals surface area contributed by atoms with E-state index in [2.05, 4.69) is 15.2 Å². The third-order valence-corrected chi connectivity index (χ3v) is 2.60. The number of nitrogens with zero attached hydrogens (tertiary/aromatic N) is 2. The van der Waals surface area contributed by atoms with Gasteiger partial charge in [-0.2, -0.15) is 0 Å². The highest BCUT2D eigenvalue weighted by molar-refractivity contribution is 5.92. The fraction of sp³-hybridized carbons (Fsp3) is 0.417. The Balaban J connectivity index is 2.85. The van der Waals surface area contributed by atoms with Crippen LogP contribution >= 0.6 is 0 Å². The lowest BCUT2D eigenvalue weighted by Gasteiger charge is -2.23. The number of hydrogen-bond donors (Lipinski definition) is 3. The molecule has 0 fully saturated rings. The molecule has 0 spiro atoms. The predicted molar refractivity (Wildman–Crippen MR) is 72.0 cm³/mol. The van der Waals surface area contributed by atoms with E-state index in [-0.39, 0.29) is 11.7 Å². The molecule has 1 amide bonds. The molecule has 0 unspecified atom stereocenters. The van der Waals surface area contributed by atoms with Gasteiger partial charge in [0.1, 0.15) is 5.69 Å². The molecule has 0 saturated heterocycles. The van der Waals surface area contributed by atoms with E-state index < -0.39 is 0 Å². The second-order valence-corrected chi connectivity index (χ2v) is 3.83. The van der Waals surface area contributed by atoms with Gasteiger partial charge in [-0.25, -0.2) is 0 Å². The minimum atomic E-state index is -0.209. The molecule has 18 heavy (non-hydrogen) atoms. The molecule has 0 radical (unpaired) electrons. The first-order valence-electron chi connectivity index (χ1n) is 5.84. The molecule has 0 aliphatic rings. The zero-order valence-electron chi connectivity index (χ0n) is 10.7. The molecule has 1 aromatic rings. The van der Waals surface area contributed by atoms with E-state index in [1.54, 1.807) is 19.3 Å². The standard InChI is InChI=1S/C12H19N5O/c1-3-17(7-5-11(13)14)9-4-6-16-10(8-9)12(18)15-2/h4,6,8H,3,5,7H2,1-2H3,(H3,13,14)(H,15,18). The van der Waals surface area contributed by atoms with Crippen LogP contribution in [-0.2, 0) is 0 Å². The summed E-state index contributed by atoms with van der Waals surface area (Å²) in [5.41, 5.74) is 6.65. The molecule has 1 heterocycles. The summed E-state index contributed by atoms with van der Waals surface area (Å²) in [4.78, 5) is 17.6. The topological polar surface area (TPSA) is 95.1 Å². The lowest BCUT2D eigenvalue weighted by molar-refractivity contribution is 0.0958. The maximum Gasteiger partial charge on any atom is 0.269 e. The summed E-state index contributed by atoms with van der Waals surface area (Å²) in [6.07, 6.45) is 2.11. The second-order valence-electron chi connectivity index (χ2n) is 3.83. The van der Waals surface area contributed by atoms with Gasteiger partial charge in [0.05, 0.1) is 5.84 Å². The van der Waals surface area contributed by atoms with Gasteiger partial charge in [-0.05, 0) is 19.1 Å². The van der Waals surface area contributed by atoms with Gasteiger partial charge < -0.3 is 16.0 Å². The number of amidine groups is 1. The van der Waals surface area contributed by atoms with Crippen LogP contribution < -0.4 is 16.0 Å². The molecule has 98 valence electrons. The van der Waals surface area contributed by atoms with Crippen molar-refractivity contribution < 1.29 is 4.79 Å². The Bertz CT molecular complexity index is 432. The summed E-state index contributed by atoms with van der Waals surface area (Å²) in [5.74, 6) is -0.0477. The Hall–Kier alpha value is -2.11. The molecule has 0 atom stereocenters. The van der Waals surface area contributed by atoms with Crippen molar-refractivity contribution in [3.8, 4) is 0 Å². The van der Waals surface area contributed by atoms with Crippen LogP contribution in [0.1, 0.15) is 23.8 Å². The van der Waals surface area contributed by atoms with Crippen molar-refractivity contribution in [3.05, 3.63) is 24.0 Å². The molecule has 1 aromatic heterocycles. The zero-order valence-corrected chi connectivity index (χ0v) is 10.7. The van der Waals surface area contributed by atoms with Crippen LogP contribution in [0.15, 0.2) is 18.3 Å². The van der Waals surface area contributed by atoms with E-state index in [1.165, 1.54) is 0 Å². The van der Waals surface area contributed by atoms with Crippen molar-refractivity contribution in [2.75, 3.05) is 25.0 Å². The minimum absolute atomic E-state index is 0.161. The van der Waals surface area contributed by atoms with Gasteiger partial charge >= 0.3 is 0 Å². The van der Waals surface area contributed by atoms with Crippen LogP contribution in [0.4, 0.5) is 5.69 Å². The van der Waals surface area contributed by atoms with E-state index in [4.69, 9.17) is 11.1 Å². The van der Waals surface area contributed by atoms with Crippen molar-refractivity contribution in [3.63, 3.8) is 0 Å². The van der Waals surface area contributed by atoms with E-state index in [9.17, 15) is 4.79 Å². The van der Waals surface area contributed by atoms with Crippen LogP contribution in [0.3, 0.4) is 0 Å². The number of aromatic nitrogens is 1. The van der Waals surface area contributed by atoms with Gasteiger partial charge in [0.15, 0.2) is 0 Å². The van der Waals surface area contributed by atoms with E-state index >= 15 is 0 Å². The Labute approximate surface area is 107 Å². The number of pyridine rings is 1. The highest BCUT2D eigenvalue weighted by Crippen LogP contribution is 2.14. The maximum atomic E-state index is 11.5. The van der Waals surface area contributed by atoms with Gasteiger partial charge in [-0.3, -0.25) is 15.2 Å². The number of nitrogens with two attached hydrogens (primary N) is 1. The summed E-state index contributed by atoms with van der Waals surface area (Å²) < 4.78 is 0. The van der Waals surface area contributed by atoms with Gasteiger partial charge in [0.25, 0.3) is 5.91 Å². The molecule has 0 bridgehead atoms. The molecule has 1 rings (SSSR count). The third kappa shape index (κ3) is 3.73. The van der Waals surface area contributed by atoms with Gasteiger partial charge in [-0.15, -0.1) is 0 Å². The predicted octanol–water partition coefficient (Wildman–Crippen LogP) is 0.594. The Morgan fingerprint density at radius 1 is 1.61 bits per heavy atom. The molecule has 0 aromatic carbocycles. The Morgan fingerprint density at radius 2 is 2.33 bits per heavy atom. The number of hydrogen-bond acceptors (Lipinski definition) is 4. The lowest BCUT2D eigenvalue weighted by atomic mass is 10.2. The summed E-state index contributed by atoms with van der Waals surface area (Å²) in [6, 6.07) is 3.58. The highest BCUT2D eigenvalue weighted by atomic mass is 16.1. The van der Waals surface area contributed by atoms with Crippen molar-refractivity contribution in [1.29, 1.82) is 5.41 Å². The number of anilines is 1. The monoisotopic (exact) mass is 249 g/mol. The average molecular weight is 249 g/mol. The van der Waals surface area contributed by atoms with Crippen molar-refractivity contribution in [1.82, 2.24) is 10.3 Å². The summed E-state index contributed by atoms with van der Waals surface area (Å²) >= 11 is 0. The first-order chi connectivity index (χ1) is 8.58. The Kier molecular flexibility index (Phi) is 5.10. The van der Waals surface area contributed by atoms with Crippen LogP contribution in [0.25, 0.3) is 0 Å². The quantitative estimate of drug-likeness (QED) is 0.508. The highest BCUT2D eigenvalue weighted by Gasteiger charge is 2.09. The van der Waals surface area contributed by atoms with Crippen LogP contribution in [0, 0.1) is 5.41 Å². The van der Waals surface area contributed by atoms with Crippen molar-refractivity contribution in [2.24, 2.45) is 5.73 Å². The van der Waals surface area contributed by atoms with Gasteiger partial charge in [0, 0.05) is 38.4 Å². The average Bonchev–Trinajstić information content (AvgIpc) is 2.38. The molecule has 0 aliphatic heterocycles. The SMILES string of the molecule is CCN(CCC(=N)N)c1ccnc(C(=O)NC)c1. The van der Waals surface area contributed by atoms with Crippen LogP contribution in [0.2, 0.25) is 0 Å². The van der Waals surface area contributed by atoms with E-state index in [0.29, 0.717) is 18.7 Å². The van der Waals surface area contributed by atoms with Gasteiger partial charge in [-0.1, -0.05) is 0 Å². The minimum Gasteiger partial charge on any atom is -0.388 e. The maximum absolute atomic E-state index is 11.5. The molecule has 6 heteroatoms. The number of rotatable bonds is 6. The lowest BCUT2D eigenvalue weighted by Crippen LogP contribution is -2.28. The number of amides is 1. The number of carbonyl (C=O) groups is 1. The second kappa shape index (κ2) is 6.58. The molecule has 4 N–H and O–H groups in total. The molecule has 0 aliphatic carbocycles. The smallest absolute Gasteiger partial charge is 0.269 e. The number of nitrogens with one attached hydrogen (secondary N) is 2. The van der Waals surface area contributed by atoms with Crippen LogP contribution in [0.5, 0.6) is 0 Å². The third-order valence-electron chi connectivity index (χ3n) is 2.60. The fourth-order valence-corrected chi connectivity index (χ4v) is 1.59. The molecule has 0 saturated carbocycles. The normalized spacial score (nSPS) is 9.89. The fourth-order valence-electron chi connectivity index (χ4n) is 1.59. The van der Waals surface area contributed by atoms with Gasteiger partial charge in [0.2, 0.25) is 0 Å². The summed E-state index contributed by atoms with van der Waals surface area (Å²) in [6.45, 7) is 3.45. The first-order valence-corrected chi connectivity index (χ1v) is 5.84.